The van der Waals surface area contributed by atoms with Gasteiger partial charge in [-0.15, -0.1) is 12.6 Å². The fourth-order valence-corrected chi connectivity index (χ4v) is 1.81. The summed E-state index contributed by atoms with van der Waals surface area (Å²) >= 11 is 3.72. The van der Waals surface area contributed by atoms with Crippen LogP contribution in [-0.4, -0.2) is 11.1 Å². The highest BCUT2D eigenvalue weighted by atomic mass is 32.1. The fraction of sp³-hybridized carbons (Fsp3) is 0.429. The van der Waals surface area contributed by atoms with Crippen molar-refractivity contribution in [2.75, 3.05) is 0 Å². The zero-order valence-corrected chi connectivity index (χ0v) is 11.5. The maximum absolute atomic E-state index is 11.9. The summed E-state index contributed by atoms with van der Waals surface area (Å²) in [7, 11) is 0. The lowest BCUT2D eigenvalue weighted by atomic mass is 9.93. The van der Waals surface area contributed by atoms with Gasteiger partial charge in [-0.2, -0.15) is 0 Å². The lowest BCUT2D eigenvalue weighted by Gasteiger charge is -2.17. The number of benzene rings is 1. The van der Waals surface area contributed by atoms with Crippen LogP contribution in [0.1, 0.15) is 25.8 Å². The van der Waals surface area contributed by atoms with Crippen molar-refractivity contribution in [1.82, 2.24) is 0 Å². The molecule has 0 aliphatic carbocycles. The van der Waals surface area contributed by atoms with Gasteiger partial charge in [0.15, 0.2) is 5.12 Å². The maximum atomic E-state index is 11.9. The van der Waals surface area contributed by atoms with Gasteiger partial charge < -0.3 is 4.74 Å². The summed E-state index contributed by atoms with van der Waals surface area (Å²) in [6.07, 6.45) is 0.119. The molecule has 0 spiro atoms. The van der Waals surface area contributed by atoms with Crippen molar-refractivity contribution in [3.8, 4) is 0 Å². The third kappa shape index (κ3) is 4.92. The van der Waals surface area contributed by atoms with Gasteiger partial charge in [-0.05, 0) is 11.5 Å². The molecule has 0 saturated heterocycles. The smallest absolute Gasteiger partial charge is 0.310 e. The zero-order chi connectivity index (χ0) is 13.5. The van der Waals surface area contributed by atoms with Crippen molar-refractivity contribution in [2.45, 2.75) is 26.9 Å². The first kappa shape index (κ1) is 14.8. The van der Waals surface area contributed by atoms with Crippen molar-refractivity contribution in [2.24, 2.45) is 11.8 Å². The third-order valence-corrected chi connectivity index (χ3v) is 2.91. The Kier molecular flexibility index (Phi) is 5.92. The lowest BCUT2D eigenvalue weighted by Crippen LogP contribution is -2.24. The third-order valence-electron chi connectivity index (χ3n) is 2.73. The molecule has 0 saturated carbocycles. The Balaban J connectivity index is 2.54. The van der Waals surface area contributed by atoms with Gasteiger partial charge in [0.05, 0.1) is 5.92 Å². The summed E-state index contributed by atoms with van der Waals surface area (Å²) in [6.45, 7) is 4.03. The quantitative estimate of drug-likeness (QED) is 0.636. The summed E-state index contributed by atoms with van der Waals surface area (Å²) in [6, 6.07) is 9.46. The lowest BCUT2D eigenvalue weighted by molar-refractivity contribution is -0.152. The van der Waals surface area contributed by atoms with Gasteiger partial charge in [0.1, 0.15) is 6.61 Å². The number of esters is 1. The average molecular weight is 266 g/mol. The van der Waals surface area contributed by atoms with Gasteiger partial charge in [-0.25, -0.2) is 0 Å². The SMILES string of the molecule is CC(C)[C@H](CC(=O)S)C(=O)OCc1ccccc1. The molecule has 0 bridgehead atoms. The second kappa shape index (κ2) is 7.21. The minimum atomic E-state index is -0.418. The Labute approximate surface area is 113 Å². The largest absolute Gasteiger partial charge is 0.461 e. The van der Waals surface area contributed by atoms with Crippen LogP contribution in [0, 0.1) is 11.8 Å². The summed E-state index contributed by atoms with van der Waals surface area (Å²) in [5.41, 5.74) is 0.936. The van der Waals surface area contributed by atoms with E-state index in [0.717, 1.165) is 5.56 Å². The molecular weight excluding hydrogens is 248 g/mol. The van der Waals surface area contributed by atoms with Crippen molar-refractivity contribution in [3.05, 3.63) is 35.9 Å². The summed E-state index contributed by atoms with van der Waals surface area (Å²) in [5, 5.41) is -0.287. The van der Waals surface area contributed by atoms with Crippen LogP contribution in [-0.2, 0) is 20.9 Å². The van der Waals surface area contributed by atoms with Crippen LogP contribution in [0.3, 0.4) is 0 Å². The molecule has 0 unspecified atom stereocenters. The highest BCUT2D eigenvalue weighted by Gasteiger charge is 2.25. The number of ether oxygens (including phenoxy) is 1. The Morgan fingerprint density at radius 3 is 2.33 bits per heavy atom. The number of carbonyl (C=O) groups is 2. The molecule has 0 amide bonds. The summed E-state index contributed by atoms with van der Waals surface area (Å²) in [5.74, 6) is -0.695. The van der Waals surface area contributed by atoms with Crippen LogP contribution in [0.15, 0.2) is 30.3 Å². The van der Waals surface area contributed by atoms with E-state index in [1.807, 2.05) is 44.2 Å². The van der Waals surface area contributed by atoms with Gasteiger partial charge in [0.2, 0.25) is 0 Å². The van der Waals surface area contributed by atoms with E-state index in [-0.39, 0.29) is 30.0 Å². The predicted molar refractivity (Wildman–Crippen MR) is 73.2 cm³/mol. The van der Waals surface area contributed by atoms with Crippen LogP contribution >= 0.6 is 12.6 Å². The van der Waals surface area contributed by atoms with E-state index >= 15 is 0 Å². The molecule has 0 heterocycles. The Morgan fingerprint density at radius 1 is 1.22 bits per heavy atom. The van der Waals surface area contributed by atoms with Crippen molar-refractivity contribution in [1.29, 1.82) is 0 Å². The molecule has 1 aromatic rings. The number of thiol groups is 1. The predicted octanol–water partition coefficient (Wildman–Crippen LogP) is 2.85. The number of rotatable bonds is 6. The first-order valence-electron chi connectivity index (χ1n) is 5.93. The second-order valence-electron chi connectivity index (χ2n) is 4.54. The first-order chi connectivity index (χ1) is 8.50. The van der Waals surface area contributed by atoms with E-state index in [2.05, 4.69) is 12.6 Å². The summed E-state index contributed by atoms with van der Waals surface area (Å²) in [4.78, 5) is 22.9. The Hall–Kier alpha value is -1.29. The first-order valence-corrected chi connectivity index (χ1v) is 6.37. The van der Waals surface area contributed by atoms with Gasteiger partial charge in [-0.1, -0.05) is 44.2 Å². The van der Waals surface area contributed by atoms with Crippen molar-refractivity contribution in [3.63, 3.8) is 0 Å². The second-order valence-corrected chi connectivity index (χ2v) is 5.04. The molecular formula is C14H18O3S. The van der Waals surface area contributed by atoms with Crippen molar-refractivity contribution >= 4 is 23.7 Å². The molecule has 0 N–H and O–H groups in total. The normalized spacial score (nSPS) is 12.2. The molecule has 1 aromatic carbocycles. The van der Waals surface area contributed by atoms with E-state index in [1.54, 1.807) is 0 Å². The maximum Gasteiger partial charge on any atom is 0.310 e. The summed E-state index contributed by atoms with van der Waals surface area (Å²) < 4.78 is 5.23. The van der Waals surface area contributed by atoms with Crippen molar-refractivity contribution < 1.29 is 14.3 Å². The molecule has 0 fully saturated rings. The average Bonchev–Trinajstić information content (AvgIpc) is 2.34. The van der Waals surface area contributed by atoms with Crippen LogP contribution in [0.25, 0.3) is 0 Å². The van der Waals surface area contributed by atoms with E-state index in [1.165, 1.54) is 0 Å². The zero-order valence-electron chi connectivity index (χ0n) is 10.6. The van der Waals surface area contributed by atoms with E-state index < -0.39 is 5.92 Å². The molecule has 0 aliphatic heterocycles. The molecule has 0 aliphatic rings. The van der Waals surface area contributed by atoms with E-state index in [0.29, 0.717) is 0 Å². The van der Waals surface area contributed by atoms with Gasteiger partial charge in [0.25, 0.3) is 0 Å². The van der Waals surface area contributed by atoms with E-state index in [4.69, 9.17) is 4.74 Å². The number of hydrogen-bond acceptors (Lipinski definition) is 3. The molecule has 1 atom stereocenters. The van der Waals surface area contributed by atoms with Crippen LogP contribution < -0.4 is 0 Å². The molecule has 0 radical (unpaired) electrons. The van der Waals surface area contributed by atoms with Gasteiger partial charge in [-0.3, -0.25) is 9.59 Å². The van der Waals surface area contributed by atoms with Gasteiger partial charge >= 0.3 is 5.97 Å². The molecule has 3 nitrogen and oxygen atoms in total. The number of hydrogen-bond donors (Lipinski definition) is 1. The minimum Gasteiger partial charge on any atom is -0.461 e. The fourth-order valence-electron chi connectivity index (χ4n) is 1.62. The minimum absolute atomic E-state index is 0.0596. The van der Waals surface area contributed by atoms with E-state index in [9.17, 15) is 9.59 Å². The number of carbonyl (C=O) groups excluding carboxylic acids is 2. The molecule has 98 valence electrons. The molecule has 18 heavy (non-hydrogen) atoms. The Bertz CT molecular complexity index is 401. The highest BCUT2D eigenvalue weighted by molar-refractivity contribution is 7.96. The Morgan fingerprint density at radius 2 is 1.83 bits per heavy atom. The highest BCUT2D eigenvalue weighted by Crippen LogP contribution is 2.19. The van der Waals surface area contributed by atoms with Crippen LogP contribution in [0.5, 0.6) is 0 Å². The standard InChI is InChI=1S/C14H18O3S/c1-10(2)12(8-13(15)18)14(16)17-9-11-6-4-3-5-7-11/h3-7,10,12H,8-9H2,1-2H3,(H,15,18)/t12-/m0/s1. The topological polar surface area (TPSA) is 43.4 Å². The molecule has 4 heteroatoms. The monoisotopic (exact) mass is 266 g/mol. The van der Waals surface area contributed by atoms with Crippen LogP contribution in [0.4, 0.5) is 0 Å². The van der Waals surface area contributed by atoms with Crippen LogP contribution in [0.2, 0.25) is 0 Å². The molecule has 0 aromatic heterocycles. The molecule has 1 rings (SSSR count). The van der Waals surface area contributed by atoms with Gasteiger partial charge in [0, 0.05) is 6.42 Å².